The van der Waals surface area contributed by atoms with Gasteiger partial charge in [-0.25, -0.2) is 0 Å². The van der Waals surface area contributed by atoms with E-state index in [9.17, 15) is 0 Å². The van der Waals surface area contributed by atoms with Crippen LogP contribution in [0.4, 0.5) is 0 Å². The SMILES string of the molecule is [CH2-]CCC1C=C(C)CS[CH-]1.[Y]. The van der Waals surface area contributed by atoms with Crippen LogP contribution >= 0.6 is 11.8 Å². The van der Waals surface area contributed by atoms with Gasteiger partial charge >= 0.3 is 0 Å². The molecule has 1 aliphatic heterocycles. The van der Waals surface area contributed by atoms with Gasteiger partial charge in [0.1, 0.15) is 0 Å². The van der Waals surface area contributed by atoms with E-state index >= 15 is 0 Å². The molecule has 1 atom stereocenters. The maximum atomic E-state index is 3.85. The maximum Gasteiger partial charge on any atom is 0 e. The molecule has 1 aliphatic rings. The molecule has 0 saturated carbocycles. The molecule has 0 nitrogen and oxygen atoms in total. The van der Waals surface area contributed by atoms with Crippen LogP contribution in [0.3, 0.4) is 0 Å². The predicted molar refractivity (Wildman–Crippen MR) is 48.6 cm³/mol. The van der Waals surface area contributed by atoms with Crippen molar-refractivity contribution in [3.05, 3.63) is 24.3 Å². The van der Waals surface area contributed by atoms with E-state index in [4.69, 9.17) is 0 Å². The Hall–Kier alpha value is 1.19. The third kappa shape index (κ3) is 4.70. The summed E-state index contributed by atoms with van der Waals surface area (Å²) in [5.74, 6) is 4.21. The summed E-state index contributed by atoms with van der Waals surface area (Å²) in [5, 5.41) is 0. The zero-order valence-corrected chi connectivity index (χ0v) is 10.7. The summed E-state index contributed by atoms with van der Waals surface area (Å²) >= 11 is 1.93. The Morgan fingerprint density at radius 1 is 1.82 bits per heavy atom. The fourth-order valence-corrected chi connectivity index (χ4v) is 2.06. The largest absolute Gasteiger partial charge is 0.346 e. The summed E-state index contributed by atoms with van der Waals surface area (Å²) in [7, 11) is 0. The van der Waals surface area contributed by atoms with Crippen molar-refractivity contribution in [1.29, 1.82) is 0 Å². The number of rotatable bonds is 2. The molecule has 0 aliphatic carbocycles. The minimum absolute atomic E-state index is 0. The molecule has 0 aromatic rings. The predicted octanol–water partition coefficient (Wildman–Crippen LogP) is 3.07. The van der Waals surface area contributed by atoms with Gasteiger partial charge in [0, 0.05) is 32.7 Å². The molecule has 0 saturated heterocycles. The molecule has 1 radical (unpaired) electrons. The maximum absolute atomic E-state index is 3.85. The van der Waals surface area contributed by atoms with E-state index in [1.807, 2.05) is 11.8 Å². The number of thioether (sulfide) groups is 1. The van der Waals surface area contributed by atoms with E-state index in [0.29, 0.717) is 5.92 Å². The Kier molecular flexibility index (Phi) is 7.41. The van der Waals surface area contributed by atoms with E-state index in [1.165, 1.54) is 17.7 Å². The standard InChI is InChI=1S/C9H14S.Y/c1-3-4-9-5-8(2)6-10-7-9;/h5,7,9H,1,3-4,6H2,2H3;/q-2;. The molecule has 0 aromatic heterocycles. The fourth-order valence-electron chi connectivity index (χ4n) is 1.14. The van der Waals surface area contributed by atoms with Crippen LogP contribution in [-0.2, 0) is 32.7 Å². The summed E-state index contributed by atoms with van der Waals surface area (Å²) in [6, 6.07) is 0. The van der Waals surface area contributed by atoms with E-state index in [0.717, 1.165) is 6.42 Å². The zero-order chi connectivity index (χ0) is 7.40. The van der Waals surface area contributed by atoms with Crippen LogP contribution in [-0.4, -0.2) is 5.75 Å². The van der Waals surface area contributed by atoms with Crippen molar-refractivity contribution in [2.75, 3.05) is 5.75 Å². The average Bonchev–Trinajstić information content (AvgIpc) is 1.88. The Morgan fingerprint density at radius 2 is 2.55 bits per heavy atom. The molecule has 0 N–H and O–H groups in total. The smallest absolute Gasteiger partial charge is 0 e. The van der Waals surface area contributed by atoms with Gasteiger partial charge in [0.25, 0.3) is 0 Å². The normalized spacial score (nSPS) is 23.8. The summed E-state index contributed by atoms with van der Waals surface area (Å²) in [6.45, 7) is 6.05. The molecule has 0 aromatic carbocycles. The van der Waals surface area contributed by atoms with E-state index < -0.39 is 0 Å². The van der Waals surface area contributed by atoms with Crippen molar-refractivity contribution in [1.82, 2.24) is 0 Å². The number of hydrogen-bond acceptors (Lipinski definition) is 1. The third-order valence-electron chi connectivity index (χ3n) is 1.62. The van der Waals surface area contributed by atoms with Gasteiger partial charge in [-0.05, 0) is 12.7 Å². The quantitative estimate of drug-likeness (QED) is 0.530. The van der Waals surface area contributed by atoms with Gasteiger partial charge in [0.15, 0.2) is 0 Å². The first kappa shape index (κ1) is 12.2. The first-order valence-corrected chi connectivity index (χ1v) is 4.79. The molecule has 0 amide bonds. The van der Waals surface area contributed by atoms with Crippen LogP contribution < -0.4 is 0 Å². The van der Waals surface area contributed by atoms with Gasteiger partial charge in [0.2, 0.25) is 0 Å². The summed E-state index contributed by atoms with van der Waals surface area (Å²) in [4.78, 5) is 0. The number of allylic oxidation sites excluding steroid dienone is 1. The summed E-state index contributed by atoms with van der Waals surface area (Å²) in [5.41, 5.74) is 1.52. The van der Waals surface area contributed by atoms with Gasteiger partial charge < -0.3 is 18.7 Å². The van der Waals surface area contributed by atoms with Crippen molar-refractivity contribution < 1.29 is 32.7 Å². The van der Waals surface area contributed by atoms with Crippen LogP contribution in [0.2, 0.25) is 0 Å². The second-order valence-electron chi connectivity index (χ2n) is 2.77. The van der Waals surface area contributed by atoms with Crippen LogP contribution in [0.15, 0.2) is 11.6 Å². The second kappa shape index (κ2) is 6.68. The molecule has 2 heteroatoms. The van der Waals surface area contributed by atoms with Gasteiger partial charge in [-0.1, -0.05) is 5.57 Å². The fraction of sp³-hybridized carbons (Fsp3) is 0.556. The molecule has 1 rings (SSSR count). The third-order valence-corrected chi connectivity index (χ3v) is 2.78. The molecule has 1 unspecified atom stereocenters. The van der Waals surface area contributed by atoms with Crippen molar-refractivity contribution in [2.45, 2.75) is 19.8 Å². The van der Waals surface area contributed by atoms with Crippen LogP contribution in [0.1, 0.15) is 19.8 Å². The van der Waals surface area contributed by atoms with Crippen molar-refractivity contribution in [2.24, 2.45) is 5.92 Å². The van der Waals surface area contributed by atoms with Gasteiger partial charge in [-0.3, -0.25) is 5.75 Å². The molecule has 1 heterocycles. The van der Waals surface area contributed by atoms with Crippen molar-refractivity contribution >= 4 is 11.8 Å². The monoisotopic (exact) mass is 243 g/mol. The zero-order valence-electron chi connectivity index (χ0n) is 7.05. The minimum atomic E-state index is 0. The molecule has 0 fully saturated rings. The second-order valence-corrected chi connectivity index (χ2v) is 3.66. The topological polar surface area (TPSA) is 0 Å². The van der Waals surface area contributed by atoms with Gasteiger partial charge in [-0.2, -0.15) is 6.42 Å². The Bertz CT molecular complexity index is 132. The van der Waals surface area contributed by atoms with Gasteiger partial charge in [0.05, 0.1) is 0 Å². The Labute approximate surface area is 99.5 Å². The van der Waals surface area contributed by atoms with Crippen LogP contribution in [0, 0.1) is 18.6 Å². The molecule has 0 bridgehead atoms. The van der Waals surface area contributed by atoms with Crippen molar-refractivity contribution in [3.8, 4) is 0 Å². The number of hydrogen-bond donors (Lipinski definition) is 0. The molecule has 11 heavy (non-hydrogen) atoms. The van der Waals surface area contributed by atoms with E-state index in [-0.39, 0.29) is 32.7 Å². The first-order valence-electron chi connectivity index (χ1n) is 3.74. The Morgan fingerprint density at radius 3 is 3.09 bits per heavy atom. The van der Waals surface area contributed by atoms with E-state index in [1.54, 1.807) is 0 Å². The summed E-state index contributed by atoms with van der Waals surface area (Å²) in [6.07, 6.45) is 4.62. The molecule has 0 spiro atoms. The van der Waals surface area contributed by atoms with E-state index in [2.05, 4.69) is 25.7 Å². The average molecular weight is 243 g/mol. The first-order chi connectivity index (χ1) is 4.83. The summed E-state index contributed by atoms with van der Waals surface area (Å²) < 4.78 is 0. The minimum Gasteiger partial charge on any atom is -0.346 e. The molecule has 61 valence electrons. The molecular formula is C9H14SY-2. The van der Waals surface area contributed by atoms with Crippen LogP contribution in [0.25, 0.3) is 0 Å². The van der Waals surface area contributed by atoms with Crippen LogP contribution in [0.5, 0.6) is 0 Å². The van der Waals surface area contributed by atoms with Crippen molar-refractivity contribution in [3.63, 3.8) is 0 Å². The van der Waals surface area contributed by atoms with Gasteiger partial charge in [-0.15, -0.1) is 18.4 Å². The Balaban J connectivity index is 0.000001000. The molecular weight excluding hydrogens is 229 g/mol.